The van der Waals surface area contributed by atoms with Crippen molar-refractivity contribution in [3.05, 3.63) is 0 Å². The van der Waals surface area contributed by atoms with E-state index in [0.29, 0.717) is 0 Å². The Labute approximate surface area is 295 Å². The first kappa shape index (κ1) is 47.9. The fourth-order valence-corrected chi connectivity index (χ4v) is 4.93. The maximum Gasteiger partial charge on any atom is 1.00 e. The standard InChI is InChI=1S/2C17H34O2.2Na/c2*1-2-3-4-5-6-7-8-9-10-11-12-13-14-15-16-17(18)19;;/h2*2-16H2,1H3,(H,18,19);;/q;;2*+1/p-2. The Morgan fingerprint density at radius 3 is 0.625 bits per heavy atom. The van der Waals surface area contributed by atoms with Crippen LogP contribution < -0.4 is 69.3 Å². The SMILES string of the molecule is CCCCCCCCCCCCCCCCC(=O)[O-].CCCCCCCCCCCCCCCCC(=O)[O-].[Na+].[Na+]. The van der Waals surface area contributed by atoms with Crippen molar-refractivity contribution < 1.29 is 78.9 Å². The summed E-state index contributed by atoms with van der Waals surface area (Å²) in [4.78, 5) is 20.4. The van der Waals surface area contributed by atoms with E-state index >= 15 is 0 Å². The predicted octanol–water partition coefficient (Wildman–Crippen LogP) is 3.22. The minimum Gasteiger partial charge on any atom is -0.550 e. The summed E-state index contributed by atoms with van der Waals surface area (Å²) in [6.45, 7) is 4.52. The van der Waals surface area contributed by atoms with Crippen LogP contribution in [0.15, 0.2) is 0 Å². The summed E-state index contributed by atoms with van der Waals surface area (Å²) in [5.74, 6) is -1.81. The van der Waals surface area contributed by atoms with E-state index in [2.05, 4.69) is 13.8 Å². The van der Waals surface area contributed by atoms with Crippen molar-refractivity contribution in [2.45, 2.75) is 206 Å². The monoisotopic (exact) mass is 584 g/mol. The molecule has 0 amide bonds. The summed E-state index contributed by atoms with van der Waals surface area (Å²) in [5.41, 5.74) is 0. The quantitative estimate of drug-likeness (QED) is 0.0960. The van der Waals surface area contributed by atoms with Gasteiger partial charge >= 0.3 is 59.1 Å². The fourth-order valence-electron chi connectivity index (χ4n) is 4.93. The Hall–Kier alpha value is 0.940. The summed E-state index contributed by atoms with van der Waals surface area (Å²) >= 11 is 0. The number of hydrogen-bond acceptors (Lipinski definition) is 4. The molecular formula is C34H66Na2O4. The first-order valence-corrected chi connectivity index (χ1v) is 16.9. The van der Waals surface area contributed by atoms with Gasteiger partial charge in [0.1, 0.15) is 0 Å². The molecule has 6 heteroatoms. The maximum atomic E-state index is 10.2. The van der Waals surface area contributed by atoms with Gasteiger partial charge < -0.3 is 19.8 Å². The molecule has 40 heavy (non-hydrogen) atoms. The number of aliphatic carboxylic acids is 2. The second-order valence-electron chi connectivity index (χ2n) is 11.4. The van der Waals surface area contributed by atoms with E-state index in [-0.39, 0.29) is 72.0 Å². The molecule has 0 aliphatic rings. The van der Waals surface area contributed by atoms with Crippen molar-refractivity contribution in [2.24, 2.45) is 0 Å². The number of carbonyl (C=O) groups is 2. The van der Waals surface area contributed by atoms with Crippen molar-refractivity contribution in [1.29, 1.82) is 0 Å². The smallest absolute Gasteiger partial charge is 0.550 e. The number of carboxylic acid groups (broad SMARTS) is 2. The van der Waals surface area contributed by atoms with Crippen LogP contribution in [0.5, 0.6) is 0 Å². The molecule has 0 unspecified atom stereocenters. The number of carbonyl (C=O) groups excluding carboxylic acids is 2. The summed E-state index contributed by atoms with van der Waals surface area (Å²) in [5, 5.41) is 20.4. The van der Waals surface area contributed by atoms with Crippen LogP contribution in [-0.4, -0.2) is 11.9 Å². The van der Waals surface area contributed by atoms with Gasteiger partial charge in [-0.2, -0.15) is 0 Å². The van der Waals surface area contributed by atoms with E-state index in [9.17, 15) is 19.8 Å². The molecule has 0 radical (unpaired) electrons. The molecule has 228 valence electrons. The second kappa shape index (κ2) is 44.4. The molecule has 0 fully saturated rings. The van der Waals surface area contributed by atoms with E-state index in [4.69, 9.17) is 0 Å². The molecular weight excluding hydrogens is 518 g/mol. The van der Waals surface area contributed by atoms with Crippen molar-refractivity contribution in [2.75, 3.05) is 0 Å². The average Bonchev–Trinajstić information content (AvgIpc) is 2.89. The fraction of sp³-hybridized carbons (Fsp3) is 0.941. The van der Waals surface area contributed by atoms with E-state index in [0.717, 1.165) is 25.7 Å². The van der Waals surface area contributed by atoms with E-state index in [1.807, 2.05) is 0 Å². The molecule has 0 aliphatic carbocycles. The molecule has 4 nitrogen and oxygen atoms in total. The number of hydrogen-bond donors (Lipinski definition) is 0. The van der Waals surface area contributed by atoms with Gasteiger partial charge in [0.05, 0.1) is 0 Å². The van der Waals surface area contributed by atoms with Crippen LogP contribution in [0.2, 0.25) is 0 Å². The number of unbranched alkanes of at least 4 members (excludes halogenated alkanes) is 26. The molecule has 0 rings (SSSR count). The summed E-state index contributed by atoms with van der Waals surface area (Å²) in [6, 6.07) is 0. The van der Waals surface area contributed by atoms with Gasteiger partial charge in [-0.1, -0.05) is 181 Å². The van der Waals surface area contributed by atoms with Gasteiger partial charge in [0.15, 0.2) is 0 Å². The van der Waals surface area contributed by atoms with Crippen LogP contribution in [0.3, 0.4) is 0 Å². The normalized spacial score (nSPS) is 10.2. The van der Waals surface area contributed by atoms with Gasteiger partial charge in [-0.15, -0.1) is 0 Å². The van der Waals surface area contributed by atoms with Crippen molar-refractivity contribution >= 4 is 11.9 Å². The third-order valence-electron chi connectivity index (χ3n) is 7.47. The summed E-state index contributed by atoms with van der Waals surface area (Å²) in [6.07, 6.45) is 36.8. The molecule has 0 bridgehead atoms. The molecule has 0 N–H and O–H groups in total. The Bertz CT molecular complexity index is 433. The molecule has 0 aromatic rings. The summed E-state index contributed by atoms with van der Waals surface area (Å²) < 4.78 is 0. The zero-order valence-electron chi connectivity index (χ0n) is 27.8. The van der Waals surface area contributed by atoms with Crippen molar-refractivity contribution in [3.63, 3.8) is 0 Å². The minimum atomic E-state index is -0.904. The Kier molecular flexibility index (Phi) is 53.1. The third kappa shape index (κ3) is 51.7. The first-order valence-electron chi connectivity index (χ1n) is 16.9. The maximum absolute atomic E-state index is 10.2. The molecule has 0 spiro atoms. The molecule has 0 saturated heterocycles. The van der Waals surface area contributed by atoms with Crippen LogP contribution in [0.4, 0.5) is 0 Å². The average molecular weight is 585 g/mol. The number of carboxylic acids is 2. The summed E-state index contributed by atoms with van der Waals surface area (Å²) in [7, 11) is 0. The Morgan fingerprint density at radius 2 is 0.475 bits per heavy atom. The van der Waals surface area contributed by atoms with Crippen molar-refractivity contribution in [1.82, 2.24) is 0 Å². The molecule has 0 saturated carbocycles. The van der Waals surface area contributed by atoms with E-state index in [1.54, 1.807) is 0 Å². The molecule has 0 aromatic carbocycles. The molecule has 0 aliphatic heterocycles. The first-order chi connectivity index (χ1) is 18.5. The van der Waals surface area contributed by atoms with Gasteiger partial charge in [0.2, 0.25) is 0 Å². The predicted molar refractivity (Wildman–Crippen MR) is 160 cm³/mol. The largest absolute Gasteiger partial charge is 1.00 e. The number of rotatable bonds is 30. The van der Waals surface area contributed by atoms with Gasteiger partial charge in [-0.25, -0.2) is 0 Å². The molecule has 0 heterocycles. The van der Waals surface area contributed by atoms with Crippen LogP contribution in [0.25, 0.3) is 0 Å². The van der Waals surface area contributed by atoms with Gasteiger partial charge in [0, 0.05) is 11.9 Å². The second-order valence-corrected chi connectivity index (χ2v) is 11.4. The van der Waals surface area contributed by atoms with Crippen LogP contribution in [-0.2, 0) is 9.59 Å². The zero-order chi connectivity index (χ0) is 28.4. The Balaban J connectivity index is -0.000000309. The van der Waals surface area contributed by atoms with Gasteiger partial charge in [-0.3, -0.25) is 0 Å². The van der Waals surface area contributed by atoms with E-state index < -0.39 is 11.9 Å². The van der Waals surface area contributed by atoms with Crippen LogP contribution >= 0.6 is 0 Å². The third-order valence-corrected chi connectivity index (χ3v) is 7.47. The van der Waals surface area contributed by atoms with E-state index in [1.165, 1.54) is 154 Å². The minimum absolute atomic E-state index is 0. The van der Waals surface area contributed by atoms with Crippen molar-refractivity contribution in [3.8, 4) is 0 Å². The van der Waals surface area contributed by atoms with Gasteiger partial charge in [-0.05, 0) is 25.7 Å². The molecule has 0 atom stereocenters. The van der Waals surface area contributed by atoms with Crippen LogP contribution in [0.1, 0.15) is 206 Å². The van der Waals surface area contributed by atoms with Crippen LogP contribution in [0, 0.1) is 0 Å². The Morgan fingerprint density at radius 1 is 0.325 bits per heavy atom. The molecule has 0 aromatic heterocycles. The van der Waals surface area contributed by atoms with Gasteiger partial charge in [0.25, 0.3) is 0 Å². The topological polar surface area (TPSA) is 80.3 Å². The zero-order valence-corrected chi connectivity index (χ0v) is 31.8.